The normalized spacial score (nSPS) is 14.2. The van der Waals surface area contributed by atoms with E-state index in [4.69, 9.17) is 0 Å². The van der Waals surface area contributed by atoms with Crippen molar-refractivity contribution < 1.29 is 9.59 Å². The van der Waals surface area contributed by atoms with Crippen LogP contribution in [0.4, 0.5) is 0 Å². The average molecular weight is 344 g/mol. The van der Waals surface area contributed by atoms with Gasteiger partial charge in [0.25, 0.3) is 5.91 Å². The fourth-order valence-electron chi connectivity index (χ4n) is 2.25. The number of Topliss-reactive ketones (excluding diaryl/α,β-unsaturated/α-hetero) is 1. The van der Waals surface area contributed by atoms with Crippen LogP contribution in [0.1, 0.15) is 59.8 Å². The van der Waals surface area contributed by atoms with E-state index in [-0.39, 0.29) is 11.7 Å². The minimum absolute atomic E-state index is 0.0760. The molecule has 0 radical (unpaired) electrons. The van der Waals surface area contributed by atoms with Gasteiger partial charge in [-0.3, -0.25) is 9.59 Å². The first kappa shape index (κ1) is 22.8. The molecule has 0 saturated carbocycles. The summed E-state index contributed by atoms with van der Waals surface area (Å²) in [6.07, 6.45) is 15.7. The highest BCUT2D eigenvalue weighted by atomic mass is 16.1. The Morgan fingerprint density at radius 3 is 2.64 bits per heavy atom. The minimum Gasteiger partial charge on any atom is -0.352 e. The van der Waals surface area contributed by atoms with E-state index in [0.717, 1.165) is 31.3 Å². The first-order valence-corrected chi connectivity index (χ1v) is 9.27. The molecule has 0 aliphatic heterocycles. The molecule has 0 heterocycles. The number of rotatable bonds is 8. The molecule has 0 bridgehead atoms. The molecule has 0 fully saturated rings. The van der Waals surface area contributed by atoms with Gasteiger partial charge < -0.3 is 5.32 Å². The minimum atomic E-state index is -0.192. The molecule has 0 unspecified atom stereocenters. The smallest absolute Gasteiger partial charge is 0.250 e. The molecular formula is C22H33NO2. The molecule has 1 rings (SSSR count). The maximum absolute atomic E-state index is 12.4. The molecule has 138 valence electrons. The zero-order valence-corrected chi connectivity index (χ0v) is 16.2. The van der Waals surface area contributed by atoms with Crippen LogP contribution in [0.3, 0.4) is 0 Å². The highest BCUT2D eigenvalue weighted by Crippen LogP contribution is 2.18. The lowest BCUT2D eigenvalue weighted by Crippen LogP contribution is -2.24. The third-order valence-corrected chi connectivity index (χ3v) is 3.65. The molecule has 0 spiro atoms. The predicted octanol–water partition coefficient (Wildman–Crippen LogP) is 5.22. The van der Waals surface area contributed by atoms with Gasteiger partial charge in [-0.15, -0.1) is 0 Å². The molecule has 0 aromatic carbocycles. The summed E-state index contributed by atoms with van der Waals surface area (Å²) < 4.78 is 0. The number of carbonyl (C=O) groups is 2. The summed E-state index contributed by atoms with van der Waals surface area (Å²) in [6.45, 7) is 12.2. The Morgan fingerprint density at radius 2 is 2.00 bits per heavy atom. The Bertz CT molecular complexity index is 563. The van der Waals surface area contributed by atoms with Gasteiger partial charge in [-0.25, -0.2) is 0 Å². The SMILES string of the molecule is C=C(/C=C\C(=C/C)C(=O)CC1=CC=CCCC1)C(=O)NCCC.CC. The van der Waals surface area contributed by atoms with Crippen molar-refractivity contribution in [1.29, 1.82) is 0 Å². The Hall–Kier alpha value is -2.16. The largest absolute Gasteiger partial charge is 0.352 e. The molecule has 0 atom stereocenters. The lowest BCUT2D eigenvalue weighted by atomic mass is 9.99. The van der Waals surface area contributed by atoms with Gasteiger partial charge in [-0.1, -0.05) is 63.3 Å². The quantitative estimate of drug-likeness (QED) is 0.485. The third kappa shape index (κ3) is 9.65. The van der Waals surface area contributed by atoms with Crippen LogP contribution in [0.15, 0.2) is 59.8 Å². The summed E-state index contributed by atoms with van der Waals surface area (Å²) >= 11 is 0. The Balaban J connectivity index is 0.00000277. The van der Waals surface area contributed by atoms with E-state index in [1.165, 1.54) is 0 Å². The maximum Gasteiger partial charge on any atom is 0.250 e. The van der Waals surface area contributed by atoms with Gasteiger partial charge in [0.2, 0.25) is 0 Å². The fraction of sp³-hybridized carbons (Fsp3) is 0.455. The Kier molecular flexibility index (Phi) is 13.0. The van der Waals surface area contributed by atoms with Crippen LogP contribution >= 0.6 is 0 Å². The van der Waals surface area contributed by atoms with E-state index in [1.807, 2.05) is 39.8 Å². The highest BCUT2D eigenvalue weighted by molar-refractivity contribution is 6.00. The van der Waals surface area contributed by atoms with Gasteiger partial charge in [0, 0.05) is 24.1 Å². The van der Waals surface area contributed by atoms with Crippen LogP contribution in [-0.4, -0.2) is 18.2 Å². The molecule has 25 heavy (non-hydrogen) atoms. The van der Waals surface area contributed by atoms with E-state index >= 15 is 0 Å². The van der Waals surface area contributed by atoms with Crippen LogP contribution in [0.5, 0.6) is 0 Å². The van der Waals surface area contributed by atoms with Crippen molar-refractivity contribution in [2.45, 2.75) is 59.8 Å². The van der Waals surface area contributed by atoms with Crippen LogP contribution in [0.2, 0.25) is 0 Å². The van der Waals surface area contributed by atoms with Gasteiger partial charge >= 0.3 is 0 Å². The number of ketones is 1. The van der Waals surface area contributed by atoms with Gasteiger partial charge in [0.05, 0.1) is 0 Å². The van der Waals surface area contributed by atoms with Crippen LogP contribution in [0.25, 0.3) is 0 Å². The predicted molar refractivity (Wildman–Crippen MR) is 107 cm³/mol. The second kappa shape index (κ2) is 14.2. The third-order valence-electron chi connectivity index (χ3n) is 3.65. The monoisotopic (exact) mass is 343 g/mol. The van der Waals surface area contributed by atoms with Crippen molar-refractivity contribution in [1.82, 2.24) is 5.32 Å². The zero-order chi connectivity index (χ0) is 19.1. The first-order chi connectivity index (χ1) is 12.1. The summed E-state index contributed by atoms with van der Waals surface area (Å²) in [4.78, 5) is 24.1. The molecule has 0 saturated heterocycles. The second-order valence-corrected chi connectivity index (χ2v) is 5.60. The summed E-state index contributed by atoms with van der Waals surface area (Å²) in [6, 6.07) is 0. The van der Waals surface area contributed by atoms with Crippen molar-refractivity contribution in [3.8, 4) is 0 Å². The molecule has 1 amide bonds. The Morgan fingerprint density at radius 1 is 1.28 bits per heavy atom. The van der Waals surface area contributed by atoms with Crippen molar-refractivity contribution in [2.24, 2.45) is 0 Å². The molecule has 0 aromatic heterocycles. The fourth-order valence-corrected chi connectivity index (χ4v) is 2.25. The van der Waals surface area contributed by atoms with Crippen LogP contribution in [0, 0.1) is 0 Å². The van der Waals surface area contributed by atoms with Crippen molar-refractivity contribution in [3.05, 3.63) is 59.8 Å². The standard InChI is InChI=1S/C20H27NO2.C2H6/c1-4-14-21-20(23)16(3)12-13-18(5-2)19(22)15-17-10-8-6-7-9-11-17;1-2/h5-6,8,10,12-13H,3-4,7,9,11,14-15H2,1-2H3,(H,21,23);1-2H3/b13-12-,18-5+;. The van der Waals surface area contributed by atoms with E-state index in [1.54, 1.807) is 18.2 Å². The van der Waals surface area contributed by atoms with Gasteiger partial charge in [0.1, 0.15) is 0 Å². The average Bonchev–Trinajstić information content (AvgIpc) is 2.90. The summed E-state index contributed by atoms with van der Waals surface area (Å²) in [5.74, 6) is -0.116. The zero-order valence-electron chi connectivity index (χ0n) is 16.2. The highest BCUT2D eigenvalue weighted by Gasteiger charge is 2.10. The number of hydrogen-bond donors (Lipinski definition) is 1. The molecule has 3 nitrogen and oxygen atoms in total. The van der Waals surface area contributed by atoms with Gasteiger partial charge in [-0.2, -0.15) is 0 Å². The molecular weight excluding hydrogens is 310 g/mol. The lowest BCUT2D eigenvalue weighted by molar-refractivity contribution is -0.117. The van der Waals surface area contributed by atoms with Crippen molar-refractivity contribution in [3.63, 3.8) is 0 Å². The molecule has 1 N–H and O–H groups in total. The summed E-state index contributed by atoms with van der Waals surface area (Å²) in [5.41, 5.74) is 2.14. The van der Waals surface area contributed by atoms with Crippen LogP contribution in [-0.2, 0) is 9.59 Å². The lowest BCUT2D eigenvalue weighted by Gasteiger charge is -2.06. The number of amides is 1. The van der Waals surface area contributed by atoms with Crippen molar-refractivity contribution >= 4 is 11.7 Å². The van der Waals surface area contributed by atoms with E-state index in [2.05, 4.69) is 18.0 Å². The van der Waals surface area contributed by atoms with Crippen molar-refractivity contribution in [2.75, 3.05) is 6.54 Å². The Labute approximate surface area is 153 Å². The number of nitrogens with one attached hydrogen (secondary N) is 1. The molecule has 1 aliphatic carbocycles. The summed E-state index contributed by atoms with van der Waals surface area (Å²) in [7, 11) is 0. The van der Waals surface area contributed by atoms with Crippen LogP contribution < -0.4 is 5.32 Å². The van der Waals surface area contributed by atoms with E-state index < -0.39 is 0 Å². The van der Waals surface area contributed by atoms with E-state index in [0.29, 0.717) is 24.1 Å². The summed E-state index contributed by atoms with van der Waals surface area (Å²) in [5, 5.41) is 2.76. The van der Waals surface area contributed by atoms with Gasteiger partial charge in [0.15, 0.2) is 5.78 Å². The maximum atomic E-state index is 12.4. The van der Waals surface area contributed by atoms with Gasteiger partial charge in [-0.05, 0) is 38.7 Å². The molecule has 1 aliphatic rings. The number of carbonyl (C=O) groups excluding carboxylic acids is 2. The molecule has 3 heteroatoms. The second-order valence-electron chi connectivity index (χ2n) is 5.60. The topological polar surface area (TPSA) is 46.2 Å². The number of allylic oxidation sites excluding steroid dienone is 7. The first-order valence-electron chi connectivity index (χ1n) is 9.27. The molecule has 0 aromatic rings. The van der Waals surface area contributed by atoms with E-state index in [9.17, 15) is 9.59 Å². The number of hydrogen-bond acceptors (Lipinski definition) is 2.